The zero-order valence-electron chi connectivity index (χ0n) is 15.7. The lowest BCUT2D eigenvalue weighted by molar-refractivity contribution is 0.102. The van der Waals surface area contributed by atoms with Gasteiger partial charge >= 0.3 is 0 Å². The summed E-state index contributed by atoms with van der Waals surface area (Å²) in [6, 6.07) is 13.7. The van der Waals surface area contributed by atoms with Gasteiger partial charge in [0.1, 0.15) is 5.52 Å². The van der Waals surface area contributed by atoms with E-state index >= 15 is 0 Å². The van der Waals surface area contributed by atoms with Gasteiger partial charge in [0.05, 0.1) is 0 Å². The van der Waals surface area contributed by atoms with Gasteiger partial charge in [0.25, 0.3) is 5.91 Å². The number of carbonyl (C=O) groups is 1. The molecule has 1 N–H and O–H groups in total. The Morgan fingerprint density at radius 2 is 1.92 bits per heavy atom. The number of nitrogens with zero attached hydrogens (tertiary/aromatic N) is 2. The molecular weight excluding hydrogens is 326 g/mol. The first-order chi connectivity index (χ1) is 12.5. The summed E-state index contributed by atoms with van der Waals surface area (Å²) >= 11 is 0. The number of hydrogen-bond acceptors (Lipinski definition) is 4. The average molecular weight is 351 g/mol. The van der Waals surface area contributed by atoms with Crippen molar-refractivity contribution in [1.82, 2.24) is 9.88 Å². The highest BCUT2D eigenvalue weighted by Crippen LogP contribution is 2.20. The SMILES string of the molecule is CCN(Cc1ccc(C(=O)Nc2ccc3oc(C)nc3c2)cc1)C(C)C. The fraction of sp³-hybridized carbons (Fsp3) is 0.333. The van der Waals surface area contributed by atoms with E-state index in [1.807, 2.05) is 42.5 Å². The predicted molar refractivity (Wildman–Crippen MR) is 104 cm³/mol. The molecule has 0 atom stereocenters. The van der Waals surface area contributed by atoms with Gasteiger partial charge in [-0.05, 0) is 56.3 Å². The summed E-state index contributed by atoms with van der Waals surface area (Å²) in [5.74, 6) is 0.480. The number of anilines is 1. The minimum atomic E-state index is -0.132. The summed E-state index contributed by atoms with van der Waals surface area (Å²) in [6.45, 7) is 10.2. The highest BCUT2D eigenvalue weighted by Gasteiger charge is 2.10. The Morgan fingerprint density at radius 3 is 2.58 bits per heavy atom. The van der Waals surface area contributed by atoms with Gasteiger partial charge in [-0.1, -0.05) is 19.1 Å². The van der Waals surface area contributed by atoms with Crippen LogP contribution in [0.15, 0.2) is 46.9 Å². The highest BCUT2D eigenvalue weighted by atomic mass is 16.3. The average Bonchev–Trinajstić information content (AvgIpc) is 2.99. The maximum atomic E-state index is 12.5. The lowest BCUT2D eigenvalue weighted by Crippen LogP contribution is -2.29. The number of aryl methyl sites for hydroxylation is 1. The van der Waals surface area contributed by atoms with E-state index in [0.717, 1.165) is 24.2 Å². The summed E-state index contributed by atoms with van der Waals surface area (Å²) in [4.78, 5) is 19.2. The van der Waals surface area contributed by atoms with Crippen LogP contribution >= 0.6 is 0 Å². The Kier molecular flexibility index (Phi) is 5.38. The zero-order chi connectivity index (χ0) is 18.7. The highest BCUT2D eigenvalue weighted by molar-refractivity contribution is 6.04. The molecule has 0 fully saturated rings. The smallest absolute Gasteiger partial charge is 0.255 e. The van der Waals surface area contributed by atoms with Crippen molar-refractivity contribution in [1.29, 1.82) is 0 Å². The standard InChI is InChI=1S/C21H25N3O2/c1-5-24(14(2)3)13-16-6-8-17(9-7-16)21(25)23-18-10-11-20-19(12-18)22-15(4)26-20/h6-12,14H,5,13H2,1-4H3,(H,23,25). The van der Waals surface area contributed by atoms with Gasteiger partial charge in [0.15, 0.2) is 11.5 Å². The van der Waals surface area contributed by atoms with Gasteiger partial charge in [-0.3, -0.25) is 9.69 Å². The Labute approximate surface area is 154 Å². The van der Waals surface area contributed by atoms with Crippen molar-refractivity contribution in [2.24, 2.45) is 0 Å². The molecule has 0 aliphatic heterocycles. The van der Waals surface area contributed by atoms with Crippen molar-refractivity contribution in [2.75, 3.05) is 11.9 Å². The van der Waals surface area contributed by atoms with Crippen LogP contribution in [0.25, 0.3) is 11.1 Å². The number of benzene rings is 2. The van der Waals surface area contributed by atoms with Crippen LogP contribution in [0.1, 0.15) is 42.6 Å². The molecule has 1 amide bonds. The van der Waals surface area contributed by atoms with E-state index in [1.165, 1.54) is 5.56 Å². The lowest BCUT2D eigenvalue weighted by Gasteiger charge is -2.24. The van der Waals surface area contributed by atoms with Crippen molar-refractivity contribution in [3.8, 4) is 0 Å². The summed E-state index contributed by atoms with van der Waals surface area (Å²) in [5, 5.41) is 2.92. The number of hydrogen-bond donors (Lipinski definition) is 1. The number of fused-ring (bicyclic) bond motifs is 1. The van der Waals surface area contributed by atoms with Crippen LogP contribution in [-0.4, -0.2) is 28.4 Å². The minimum Gasteiger partial charge on any atom is -0.441 e. The van der Waals surface area contributed by atoms with Crippen molar-refractivity contribution >= 4 is 22.7 Å². The summed E-state index contributed by atoms with van der Waals surface area (Å²) < 4.78 is 5.46. The molecule has 5 heteroatoms. The molecule has 1 heterocycles. The molecule has 0 spiro atoms. The number of carbonyl (C=O) groups excluding carboxylic acids is 1. The van der Waals surface area contributed by atoms with Crippen LogP contribution in [0.5, 0.6) is 0 Å². The molecule has 3 rings (SSSR count). The third kappa shape index (κ3) is 4.11. The maximum Gasteiger partial charge on any atom is 0.255 e. The first kappa shape index (κ1) is 18.1. The maximum absolute atomic E-state index is 12.5. The third-order valence-electron chi connectivity index (χ3n) is 4.49. The van der Waals surface area contributed by atoms with Gasteiger partial charge < -0.3 is 9.73 Å². The normalized spacial score (nSPS) is 11.5. The van der Waals surface area contributed by atoms with E-state index in [2.05, 4.69) is 36.0 Å². The molecule has 0 aliphatic rings. The topological polar surface area (TPSA) is 58.4 Å². The van der Waals surface area contributed by atoms with Crippen LogP contribution in [0.4, 0.5) is 5.69 Å². The molecule has 0 radical (unpaired) electrons. The molecule has 3 aromatic rings. The Balaban J connectivity index is 1.69. The van der Waals surface area contributed by atoms with Gasteiger partial charge in [-0.15, -0.1) is 0 Å². The molecule has 26 heavy (non-hydrogen) atoms. The van der Waals surface area contributed by atoms with Crippen molar-refractivity contribution < 1.29 is 9.21 Å². The van der Waals surface area contributed by atoms with E-state index < -0.39 is 0 Å². The van der Waals surface area contributed by atoms with Gasteiger partial charge in [0, 0.05) is 30.8 Å². The largest absolute Gasteiger partial charge is 0.441 e. The second-order valence-electron chi connectivity index (χ2n) is 6.72. The first-order valence-electron chi connectivity index (χ1n) is 8.98. The Bertz CT molecular complexity index is 897. The number of rotatable bonds is 6. The molecule has 5 nitrogen and oxygen atoms in total. The minimum absolute atomic E-state index is 0.132. The molecule has 0 saturated carbocycles. The predicted octanol–water partition coefficient (Wildman–Crippen LogP) is 4.62. The molecule has 0 unspecified atom stereocenters. The number of amides is 1. The van der Waals surface area contributed by atoms with Crippen LogP contribution < -0.4 is 5.32 Å². The second kappa shape index (κ2) is 7.70. The second-order valence-corrected chi connectivity index (χ2v) is 6.72. The molecule has 2 aromatic carbocycles. The Morgan fingerprint density at radius 1 is 1.19 bits per heavy atom. The van der Waals surface area contributed by atoms with Gasteiger partial charge in [-0.2, -0.15) is 0 Å². The van der Waals surface area contributed by atoms with Crippen molar-refractivity contribution in [3.05, 3.63) is 59.5 Å². The number of oxazole rings is 1. The van der Waals surface area contributed by atoms with Crippen LogP contribution in [-0.2, 0) is 6.54 Å². The van der Waals surface area contributed by atoms with Crippen LogP contribution in [0.2, 0.25) is 0 Å². The molecular formula is C21H25N3O2. The summed E-state index contributed by atoms with van der Waals surface area (Å²) in [6.07, 6.45) is 0. The van der Waals surface area contributed by atoms with E-state index in [0.29, 0.717) is 23.2 Å². The fourth-order valence-electron chi connectivity index (χ4n) is 2.98. The van der Waals surface area contributed by atoms with E-state index in [9.17, 15) is 4.79 Å². The Hall–Kier alpha value is -2.66. The van der Waals surface area contributed by atoms with Gasteiger partial charge in [-0.25, -0.2) is 4.98 Å². The fourth-order valence-corrected chi connectivity index (χ4v) is 2.98. The van der Waals surface area contributed by atoms with E-state index in [-0.39, 0.29) is 5.91 Å². The third-order valence-corrected chi connectivity index (χ3v) is 4.49. The molecule has 0 aliphatic carbocycles. The van der Waals surface area contributed by atoms with Crippen LogP contribution in [0, 0.1) is 6.92 Å². The zero-order valence-corrected chi connectivity index (χ0v) is 15.7. The van der Waals surface area contributed by atoms with Crippen molar-refractivity contribution in [3.63, 3.8) is 0 Å². The lowest BCUT2D eigenvalue weighted by atomic mass is 10.1. The summed E-state index contributed by atoms with van der Waals surface area (Å²) in [7, 11) is 0. The molecule has 136 valence electrons. The number of nitrogens with one attached hydrogen (secondary N) is 1. The van der Waals surface area contributed by atoms with E-state index in [1.54, 1.807) is 6.92 Å². The first-order valence-corrected chi connectivity index (χ1v) is 8.98. The molecule has 0 bridgehead atoms. The van der Waals surface area contributed by atoms with E-state index in [4.69, 9.17) is 4.42 Å². The summed E-state index contributed by atoms with van der Waals surface area (Å²) in [5.41, 5.74) is 4.01. The monoisotopic (exact) mass is 351 g/mol. The van der Waals surface area contributed by atoms with Crippen LogP contribution in [0.3, 0.4) is 0 Å². The van der Waals surface area contributed by atoms with Gasteiger partial charge in [0.2, 0.25) is 0 Å². The quantitative estimate of drug-likeness (QED) is 0.704. The molecule has 0 saturated heterocycles. The van der Waals surface area contributed by atoms with Crippen molar-refractivity contribution in [2.45, 2.75) is 40.3 Å². The number of aromatic nitrogens is 1. The molecule has 1 aromatic heterocycles.